The van der Waals surface area contributed by atoms with Crippen molar-refractivity contribution in [3.63, 3.8) is 0 Å². The van der Waals surface area contributed by atoms with Crippen LogP contribution >= 0.6 is 34.2 Å². The molecule has 4 nitrogen and oxygen atoms in total. The van der Waals surface area contributed by atoms with Gasteiger partial charge in [0.2, 0.25) is 0 Å². The number of benzene rings is 2. The molecule has 0 aliphatic heterocycles. The van der Waals surface area contributed by atoms with E-state index in [9.17, 15) is 4.79 Å². The van der Waals surface area contributed by atoms with Gasteiger partial charge in [0.1, 0.15) is 17.1 Å². The summed E-state index contributed by atoms with van der Waals surface area (Å²) in [6.45, 7) is 0. The SMILES string of the molecule is N#Cc1ccc(Oc2ccc(I)cc2C(=O)O)c(Cl)c1. The number of ether oxygens (including phenoxy) is 1. The van der Waals surface area contributed by atoms with Crippen LogP contribution in [0.15, 0.2) is 36.4 Å². The summed E-state index contributed by atoms with van der Waals surface area (Å²) < 4.78 is 6.32. The average molecular weight is 400 g/mol. The number of carbonyl (C=O) groups is 1. The minimum absolute atomic E-state index is 0.0531. The van der Waals surface area contributed by atoms with Crippen molar-refractivity contribution in [2.75, 3.05) is 0 Å². The summed E-state index contributed by atoms with van der Waals surface area (Å²) in [5.41, 5.74) is 0.459. The number of halogens is 2. The van der Waals surface area contributed by atoms with Crippen molar-refractivity contribution < 1.29 is 14.6 Å². The number of nitriles is 1. The molecule has 0 unspecified atom stereocenters. The Morgan fingerprint density at radius 2 is 1.95 bits per heavy atom. The van der Waals surface area contributed by atoms with Gasteiger partial charge in [-0.1, -0.05) is 11.6 Å². The Hall–Kier alpha value is -1.78. The van der Waals surface area contributed by atoms with E-state index in [1.54, 1.807) is 18.2 Å². The van der Waals surface area contributed by atoms with Gasteiger partial charge in [-0.15, -0.1) is 0 Å². The number of hydrogen-bond donors (Lipinski definition) is 1. The second kappa shape index (κ2) is 6.11. The van der Waals surface area contributed by atoms with Gasteiger partial charge in [-0.25, -0.2) is 4.79 Å². The first-order chi connectivity index (χ1) is 9.51. The molecule has 0 saturated heterocycles. The lowest BCUT2D eigenvalue weighted by Gasteiger charge is -2.10. The van der Waals surface area contributed by atoms with Crippen molar-refractivity contribution >= 4 is 40.2 Å². The van der Waals surface area contributed by atoms with E-state index in [0.717, 1.165) is 3.57 Å². The van der Waals surface area contributed by atoms with Crippen LogP contribution in [0.4, 0.5) is 0 Å². The van der Waals surface area contributed by atoms with Crippen LogP contribution in [0.5, 0.6) is 11.5 Å². The summed E-state index contributed by atoms with van der Waals surface area (Å²) in [4.78, 5) is 11.2. The topological polar surface area (TPSA) is 70.3 Å². The largest absolute Gasteiger partial charge is 0.478 e. The second-order valence-electron chi connectivity index (χ2n) is 3.80. The van der Waals surface area contributed by atoms with Crippen molar-refractivity contribution in [2.45, 2.75) is 0 Å². The summed E-state index contributed by atoms with van der Waals surface area (Å²) >= 11 is 8.02. The molecule has 20 heavy (non-hydrogen) atoms. The Kier molecular flexibility index (Phi) is 4.47. The van der Waals surface area contributed by atoms with Crippen molar-refractivity contribution in [2.24, 2.45) is 0 Å². The first-order valence-electron chi connectivity index (χ1n) is 5.41. The monoisotopic (exact) mass is 399 g/mol. The third kappa shape index (κ3) is 3.21. The Morgan fingerprint density at radius 3 is 2.55 bits per heavy atom. The molecule has 100 valence electrons. The predicted octanol–water partition coefficient (Wildman–Crippen LogP) is 4.31. The lowest BCUT2D eigenvalue weighted by molar-refractivity contribution is 0.0694. The highest BCUT2D eigenvalue weighted by molar-refractivity contribution is 14.1. The maximum absolute atomic E-state index is 11.2. The summed E-state index contributed by atoms with van der Waals surface area (Å²) in [6.07, 6.45) is 0. The zero-order valence-electron chi connectivity index (χ0n) is 9.93. The Balaban J connectivity index is 2.40. The first-order valence-corrected chi connectivity index (χ1v) is 6.87. The molecular formula is C14H7ClINO3. The van der Waals surface area contributed by atoms with Crippen molar-refractivity contribution in [3.05, 3.63) is 56.1 Å². The molecule has 0 fully saturated rings. The zero-order valence-corrected chi connectivity index (χ0v) is 12.8. The average Bonchev–Trinajstić information content (AvgIpc) is 2.42. The van der Waals surface area contributed by atoms with Gasteiger partial charge < -0.3 is 9.84 Å². The summed E-state index contributed by atoms with van der Waals surface area (Å²) in [5.74, 6) is -0.581. The molecule has 6 heteroatoms. The number of carboxylic acid groups (broad SMARTS) is 1. The van der Waals surface area contributed by atoms with E-state index in [-0.39, 0.29) is 16.3 Å². The van der Waals surface area contributed by atoms with Crippen LogP contribution in [0, 0.1) is 14.9 Å². The van der Waals surface area contributed by atoms with Gasteiger partial charge in [-0.2, -0.15) is 5.26 Å². The van der Waals surface area contributed by atoms with Crippen LogP contribution in [-0.2, 0) is 0 Å². The molecule has 2 aromatic carbocycles. The molecule has 2 rings (SSSR count). The molecule has 0 amide bonds. The molecule has 0 spiro atoms. The summed E-state index contributed by atoms with van der Waals surface area (Å²) in [6, 6.07) is 11.3. The zero-order chi connectivity index (χ0) is 14.7. The molecule has 0 radical (unpaired) electrons. The molecule has 2 aromatic rings. The van der Waals surface area contributed by atoms with Crippen molar-refractivity contribution in [1.29, 1.82) is 5.26 Å². The van der Waals surface area contributed by atoms with Crippen LogP contribution < -0.4 is 4.74 Å². The minimum Gasteiger partial charge on any atom is -0.478 e. The van der Waals surface area contributed by atoms with E-state index in [1.165, 1.54) is 18.2 Å². The van der Waals surface area contributed by atoms with Crippen LogP contribution in [0.1, 0.15) is 15.9 Å². The standard InChI is InChI=1S/C14H7ClINO3/c15-11-5-8(7-17)1-3-13(11)20-12-4-2-9(16)6-10(12)14(18)19/h1-6H,(H,18,19). The molecule has 1 N–H and O–H groups in total. The highest BCUT2D eigenvalue weighted by Crippen LogP contribution is 2.32. The van der Waals surface area contributed by atoms with E-state index >= 15 is 0 Å². The number of rotatable bonds is 3. The van der Waals surface area contributed by atoms with E-state index in [0.29, 0.717) is 11.3 Å². The van der Waals surface area contributed by atoms with Crippen molar-refractivity contribution in [1.82, 2.24) is 0 Å². The van der Waals surface area contributed by atoms with Crippen molar-refractivity contribution in [3.8, 4) is 17.6 Å². The lowest BCUT2D eigenvalue weighted by Crippen LogP contribution is -2.00. The van der Waals surface area contributed by atoms with Crippen LogP contribution in [-0.4, -0.2) is 11.1 Å². The predicted molar refractivity (Wildman–Crippen MR) is 82.4 cm³/mol. The van der Waals surface area contributed by atoms with Crippen LogP contribution in [0.3, 0.4) is 0 Å². The van der Waals surface area contributed by atoms with Gasteiger partial charge >= 0.3 is 5.97 Å². The molecule has 0 bridgehead atoms. The molecule has 0 saturated carbocycles. The quantitative estimate of drug-likeness (QED) is 0.781. The summed E-state index contributed by atoms with van der Waals surface area (Å²) in [5, 5.41) is 18.2. The van der Waals surface area contributed by atoms with Crippen LogP contribution in [0.2, 0.25) is 5.02 Å². The number of nitrogens with zero attached hydrogens (tertiary/aromatic N) is 1. The molecule has 0 aliphatic rings. The Morgan fingerprint density at radius 1 is 1.25 bits per heavy atom. The van der Waals surface area contributed by atoms with E-state index in [1.807, 2.05) is 28.7 Å². The maximum atomic E-state index is 11.2. The first kappa shape index (κ1) is 14.6. The fraction of sp³-hybridized carbons (Fsp3) is 0. The molecule has 0 atom stereocenters. The van der Waals surface area contributed by atoms with Crippen LogP contribution in [0.25, 0.3) is 0 Å². The third-order valence-electron chi connectivity index (χ3n) is 2.45. The highest BCUT2D eigenvalue weighted by Gasteiger charge is 2.14. The minimum atomic E-state index is -1.08. The fourth-order valence-electron chi connectivity index (χ4n) is 1.53. The molecule has 0 heterocycles. The Bertz CT molecular complexity index is 725. The Labute approximate surface area is 133 Å². The maximum Gasteiger partial charge on any atom is 0.339 e. The van der Waals surface area contributed by atoms with Gasteiger partial charge in [0.15, 0.2) is 0 Å². The number of hydrogen-bond acceptors (Lipinski definition) is 3. The second-order valence-corrected chi connectivity index (χ2v) is 5.46. The van der Waals surface area contributed by atoms with Gasteiger partial charge in [-0.3, -0.25) is 0 Å². The van der Waals surface area contributed by atoms with Gasteiger partial charge in [0.05, 0.1) is 16.7 Å². The van der Waals surface area contributed by atoms with E-state index < -0.39 is 5.97 Å². The third-order valence-corrected chi connectivity index (χ3v) is 3.42. The summed E-state index contributed by atoms with van der Waals surface area (Å²) in [7, 11) is 0. The van der Waals surface area contributed by atoms with Gasteiger partial charge in [-0.05, 0) is 59.0 Å². The number of aromatic carboxylic acids is 1. The van der Waals surface area contributed by atoms with Gasteiger partial charge in [0.25, 0.3) is 0 Å². The van der Waals surface area contributed by atoms with Gasteiger partial charge in [0, 0.05) is 3.57 Å². The molecule has 0 aromatic heterocycles. The van der Waals surface area contributed by atoms with E-state index in [2.05, 4.69) is 0 Å². The number of carboxylic acids is 1. The smallest absolute Gasteiger partial charge is 0.339 e. The normalized spacial score (nSPS) is 9.85. The lowest BCUT2D eigenvalue weighted by atomic mass is 10.2. The van der Waals surface area contributed by atoms with E-state index in [4.69, 9.17) is 26.7 Å². The molecule has 0 aliphatic carbocycles. The highest BCUT2D eigenvalue weighted by atomic mass is 127. The fourth-order valence-corrected chi connectivity index (χ4v) is 2.24. The molecular weight excluding hydrogens is 393 g/mol.